The van der Waals surface area contributed by atoms with Crippen LogP contribution in [0.4, 0.5) is 32.2 Å². The van der Waals surface area contributed by atoms with E-state index in [0.29, 0.717) is 35.7 Å². The third-order valence-electron chi connectivity index (χ3n) is 8.77. The van der Waals surface area contributed by atoms with Crippen LogP contribution in [0.3, 0.4) is 0 Å². The molecule has 1 aromatic carbocycles. The number of carbonyl (C=O) groups is 2. The predicted molar refractivity (Wildman–Crippen MR) is 142 cm³/mol. The zero-order chi connectivity index (χ0) is 30.8. The van der Waals surface area contributed by atoms with E-state index in [1.165, 1.54) is 13.1 Å². The molecule has 1 fully saturated rings. The second kappa shape index (κ2) is 10.2. The number of benzene rings is 1. The van der Waals surface area contributed by atoms with Crippen molar-refractivity contribution in [2.45, 2.75) is 62.7 Å². The fourth-order valence-electron chi connectivity index (χ4n) is 6.59. The standard InChI is InChI=1S/C30H25F6N5O2/c1-14-19(20-7-18(31)8-22(32)25(20)33)9-23(28(43)41(14)13-30(34,35)36)40-27(42)17-6-16-10-29(11-24(16)38-12-17)15(2)39-26-21(29)4-3-5-37-26/h3-8,12,14,19,23H,9-11,13H2,1-2H3,(H,40,42). The van der Waals surface area contributed by atoms with Crippen molar-refractivity contribution in [3.05, 3.63) is 88.1 Å². The van der Waals surface area contributed by atoms with Gasteiger partial charge in [0, 0.05) is 59.2 Å². The predicted octanol–water partition coefficient (Wildman–Crippen LogP) is 5.10. The number of hydrogen-bond donors (Lipinski definition) is 1. The summed E-state index contributed by atoms with van der Waals surface area (Å²) >= 11 is 0. The van der Waals surface area contributed by atoms with Crippen molar-refractivity contribution >= 4 is 23.3 Å². The first-order valence-corrected chi connectivity index (χ1v) is 13.6. The Kier molecular flexibility index (Phi) is 6.81. The maximum Gasteiger partial charge on any atom is 0.406 e. The fourth-order valence-corrected chi connectivity index (χ4v) is 6.59. The summed E-state index contributed by atoms with van der Waals surface area (Å²) in [5.74, 6) is -6.49. The van der Waals surface area contributed by atoms with Crippen LogP contribution in [0.1, 0.15) is 58.9 Å². The monoisotopic (exact) mass is 601 g/mol. The van der Waals surface area contributed by atoms with E-state index in [9.17, 15) is 35.9 Å². The van der Waals surface area contributed by atoms with Crippen LogP contribution in [0.2, 0.25) is 0 Å². The summed E-state index contributed by atoms with van der Waals surface area (Å²) in [7, 11) is 0. The number of amides is 2. The number of aliphatic imine (C=N–C) groups is 1. The number of nitrogens with zero attached hydrogens (tertiary/aromatic N) is 4. The summed E-state index contributed by atoms with van der Waals surface area (Å²) in [5.41, 5.74) is 2.44. The molecule has 7 nitrogen and oxygen atoms in total. The Balaban J connectivity index is 1.28. The van der Waals surface area contributed by atoms with Gasteiger partial charge in [0.25, 0.3) is 5.91 Å². The van der Waals surface area contributed by atoms with E-state index in [1.807, 2.05) is 19.1 Å². The Morgan fingerprint density at radius 3 is 2.65 bits per heavy atom. The van der Waals surface area contributed by atoms with Crippen molar-refractivity contribution in [1.82, 2.24) is 20.2 Å². The third-order valence-corrected chi connectivity index (χ3v) is 8.77. The highest BCUT2D eigenvalue weighted by Crippen LogP contribution is 2.47. The van der Waals surface area contributed by atoms with Crippen molar-refractivity contribution in [2.24, 2.45) is 4.99 Å². The molecule has 1 N–H and O–H groups in total. The molecule has 3 aromatic rings. The van der Waals surface area contributed by atoms with E-state index >= 15 is 0 Å². The fraction of sp³-hybridized carbons (Fsp3) is 0.367. The highest BCUT2D eigenvalue weighted by atomic mass is 19.4. The molecule has 2 amide bonds. The Hall–Kier alpha value is -4.29. The van der Waals surface area contributed by atoms with Gasteiger partial charge in [-0.15, -0.1) is 0 Å². The molecule has 6 rings (SSSR count). The van der Waals surface area contributed by atoms with Gasteiger partial charge >= 0.3 is 6.18 Å². The molecule has 1 saturated heterocycles. The Labute approximate surface area is 242 Å². The number of pyridine rings is 2. The van der Waals surface area contributed by atoms with Gasteiger partial charge in [-0.2, -0.15) is 13.2 Å². The third kappa shape index (κ3) is 4.94. The number of hydrogen-bond acceptors (Lipinski definition) is 5. The first-order chi connectivity index (χ1) is 20.3. The SMILES string of the molecule is CC1=Nc2ncccc2C12Cc1cc(C(=O)NC3CC(c4cc(F)cc(F)c4F)C(C)N(CC(F)(F)F)C3=O)cnc1C2. The maximum atomic E-state index is 14.8. The maximum absolute atomic E-state index is 14.8. The second-order valence-corrected chi connectivity index (χ2v) is 11.3. The lowest BCUT2D eigenvalue weighted by atomic mass is 9.76. The van der Waals surface area contributed by atoms with Crippen molar-refractivity contribution in [3.8, 4) is 0 Å². The van der Waals surface area contributed by atoms with Crippen LogP contribution in [0, 0.1) is 17.5 Å². The molecule has 43 heavy (non-hydrogen) atoms. The van der Waals surface area contributed by atoms with Gasteiger partial charge in [-0.1, -0.05) is 6.07 Å². The molecular weight excluding hydrogens is 576 g/mol. The minimum atomic E-state index is -4.82. The second-order valence-electron chi connectivity index (χ2n) is 11.3. The Morgan fingerprint density at radius 1 is 1.14 bits per heavy atom. The average Bonchev–Trinajstić information content (AvgIpc) is 3.46. The van der Waals surface area contributed by atoms with Gasteiger partial charge in [0.1, 0.15) is 18.4 Å². The van der Waals surface area contributed by atoms with Crippen molar-refractivity contribution < 1.29 is 35.9 Å². The summed E-state index contributed by atoms with van der Waals surface area (Å²) < 4.78 is 83.2. The first-order valence-electron chi connectivity index (χ1n) is 13.6. The molecule has 1 spiro atoms. The molecule has 0 radical (unpaired) electrons. The highest BCUT2D eigenvalue weighted by molar-refractivity contribution is 6.01. The number of likely N-dealkylation sites (tertiary alicyclic amines) is 1. The quantitative estimate of drug-likeness (QED) is 0.333. The molecule has 13 heteroatoms. The number of carbonyl (C=O) groups excluding carboxylic acids is 2. The molecule has 0 bridgehead atoms. The number of rotatable bonds is 4. The van der Waals surface area contributed by atoms with Crippen LogP contribution in [0.15, 0.2) is 47.7 Å². The topological polar surface area (TPSA) is 87.5 Å². The molecule has 4 unspecified atom stereocenters. The lowest BCUT2D eigenvalue weighted by Crippen LogP contribution is -2.59. The number of alkyl halides is 3. The molecule has 2 aromatic heterocycles. The van der Waals surface area contributed by atoms with E-state index in [2.05, 4.69) is 20.3 Å². The van der Waals surface area contributed by atoms with Crippen molar-refractivity contribution in [2.75, 3.05) is 6.54 Å². The molecule has 224 valence electrons. The zero-order valence-corrected chi connectivity index (χ0v) is 23.0. The average molecular weight is 602 g/mol. The van der Waals surface area contributed by atoms with Gasteiger partial charge in [0.2, 0.25) is 5.91 Å². The summed E-state index contributed by atoms with van der Waals surface area (Å²) in [6.45, 7) is 1.47. The number of nitrogens with one attached hydrogen (secondary N) is 1. The van der Waals surface area contributed by atoms with Crippen LogP contribution in [0.5, 0.6) is 0 Å². The molecule has 4 heterocycles. The molecule has 3 aliphatic rings. The lowest BCUT2D eigenvalue weighted by molar-refractivity contribution is -0.170. The first kappa shape index (κ1) is 28.8. The van der Waals surface area contributed by atoms with E-state index in [0.717, 1.165) is 22.5 Å². The number of piperidine rings is 1. The lowest BCUT2D eigenvalue weighted by Gasteiger charge is -2.43. The zero-order valence-electron chi connectivity index (χ0n) is 23.0. The van der Waals surface area contributed by atoms with E-state index in [1.54, 1.807) is 12.3 Å². The highest BCUT2D eigenvalue weighted by Gasteiger charge is 2.48. The molecule has 4 atom stereocenters. The van der Waals surface area contributed by atoms with Gasteiger partial charge in [0.15, 0.2) is 17.5 Å². The number of fused-ring (bicyclic) bond motifs is 3. The van der Waals surface area contributed by atoms with Crippen LogP contribution in [-0.4, -0.2) is 57.2 Å². The van der Waals surface area contributed by atoms with E-state index < -0.39 is 71.0 Å². The summed E-state index contributed by atoms with van der Waals surface area (Å²) in [6.07, 6.45) is -1.18. The van der Waals surface area contributed by atoms with Crippen LogP contribution in [-0.2, 0) is 23.1 Å². The molecule has 1 aliphatic carbocycles. The van der Waals surface area contributed by atoms with Gasteiger partial charge in [-0.3, -0.25) is 14.6 Å². The van der Waals surface area contributed by atoms with Crippen LogP contribution < -0.4 is 5.32 Å². The van der Waals surface area contributed by atoms with Gasteiger partial charge in [0.05, 0.1) is 5.56 Å². The Bertz CT molecular complexity index is 1690. The molecular formula is C30H25F6N5O2. The largest absolute Gasteiger partial charge is 0.406 e. The summed E-state index contributed by atoms with van der Waals surface area (Å²) in [6, 6.07) is 3.62. The molecule has 2 aliphatic heterocycles. The normalized spacial score (nSPS) is 24.7. The molecule has 0 saturated carbocycles. The minimum Gasteiger partial charge on any atom is -0.340 e. The minimum absolute atomic E-state index is 0.0723. The summed E-state index contributed by atoms with van der Waals surface area (Å²) in [4.78, 5) is 40.5. The van der Waals surface area contributed by atoms with Crippen LogP contribution >= 0.6 is 0 Å². The van der Waals surface area contributed by atoms with Crippen LogP contribution in [0.25, 0.3) is 0 Å². The van der Waals surface area contributed by atoms with Crippen molar-refractivity contribution in [1.29, 1.82) is 0 Å². The smallest absolute Gasteiger partial charge is 0.340 e. The van der Waals surface area contributed by atoms with Gasteiger partial charge < -0.3 is 10.2 Å². The number of halogens is 6. The van der Waals surface area contributed by atoms with Gasteiger partial charge in [-0.05, 0) is 56.0 Å². The van der Waals surface area contributed by atoms with Gasteiger partial charge in [-0.25, -0.2) is 23.1 Å². The summed E-state index contributed by atoms with van der Waals surface area (Å²) in [5, 5.41) is 2.47. The van der Waals surface area contributed by atoms with Crippen molar-refractivity contribution in [3.63, 3.8) is 0 Å². The Morgan fingerprint density at radius 2 is 1.91 bits per heavy atom. The number of aromatic nitrogens is 2. The van der Waals surface area contributed by atoms with E-state index in [4.69, 9.17) is 0 Å². The van der Waals surface area contributed by atoms with E-state index in [-0.39, 0.29) is 12.0 Å².